The third kappa shape index (κ3) is 4.80. The number of nitrogens with zero attached hydrogens (tertiary/aromatic N) is 3. The van der Waals surface area contributed by atoms with Gasteiger partial charge in [0.1, 0.15) is 10.8 Å². The monoisotopic (exact) mass is 434 g/mol. The maximum atomic E-state index is 12.5. The molecule has 0 fully saturated rings. The van der Waals surface area contributed by atoms with Crippen molar-refractivity contribution < 1.29 is 9.53 Å². The Labute approximate surface area is 183 Å². The van der Waals surface area contributed by atoms with Crippen LogP contribution in [0, 0.1) is 20.8 Å². The first kappa shape index (κ1) is 20.7. The van der Waals surface area contributed by atoms with Crippen LogP contribution in [0.2, 0.25) is 0 Å². The van der Waals surface area contributed by atoms with Gasteiger partial charge in [0.2, 0.25) is 4.96 Å². The van der Waals surface area contributed by atoms with Gasteiger partial charge in [-0.25, -0.2) is 4.98 Å². The van der Waals surface area contributed by atoms with Gasteiger partial charge >= 0.3 is 0 Å². The Bertz CT molecular complexity index is 1330. The predicted octanol–water partition coefficient (Wildman–Crippen LogP) is 3.44. The summed E-state index contributed by atoms with van der Waals surface area (Å²) in [7, 11) is 0. The molecule has 0 aliphatic carbocycles. The zero-order valence-corrected chi connectivity index (χ0v) is 18.3. The van der Waals surface area contributed by atoms with E-state index in [2.05, 4.69) is 15.4 Å². The summed E-state index contributed by atoms with van der Waals surface area (Å²) in [4.78, 5) is 29.6. The van der Waals surface area contributed by atoms with Gasteiger partial charge in [-0.1, -0.05) is 47.2 Å². The lowest BCUT2D eigenvalue weighted by Gasteiger charge is -2.10. The molecule has 0 aliphatic rings. The number of aryl methyl sites for hydroxylation is 3. The van der Waals surface area contributed by atoms with Gasteiger partial charge in [0.25, 0.3) is 11.5 Å². The smallest absolute Gasteiger partial charge is 0.275 e. The summed E-state index contributed by atoms with van der Waals surface area (Å²) in [6.07, 6.45) is 0. The molecule has 0 bridgehead atoms. The van der Waals surface area contributed by atoms with E-state index in [0.29, 0.717) is 16.4 Å². The molecule has 4 aromatic rings. The van der Waals surface area contributed by atoms with Crippen LogP contribution in [0.1, 0.15) is 22.4 Å². The number of rotatable bonds is 6. The first-order valence-electron chi connectivity index (χ1n) is 9.82. The number of hydrogen-bond acceptors (Lipinski definition) is 6. The van der Waals surface area contributed by atoms with Crippen molar-refractivity contribution in [2.75, 3.05) is 6.61 Å². The van der Waals surface area contributed by atoms with Gasteiger partial charge in [-0.15, -0.1) is 0 Å². The van der Waals surface area contributed by atoms with Crippen molar-refractivity contribution in [3.63, 3.8) is 0 Å². The first-order chi connectivity index (χ1) is 14.9. The SMILES string of the molecule is Cc1cccc(-c2nn3c(=O)cc(CNC(=O)COc4cc(C)ccc4C)nc3s2)c1. The van der Waals surface area contributed by atoms with Crippen molar-refractivity contribution in [1.82, 2.24) is 19.9 Å². The van der Waals surface area contributed by atoms with Crippen LogP contribution < -0.4 is 15.6 Å². The normalized spacial score (nSPS) is 10.9. The second-order valence-corrected chi connectivity index (χ2v) is 8.35. The molecule has 4 rings (SSSR count). The minimum Gasteiger partial charge on any atom is -0.483 e. The molecular formula is C23H22N4O3S. The van der Waals surface area contributed by atoms with Gasteiger partial charge in [-0.05, 0) is 44.0 Å². The molecule has 2 heterocycles. The molecule has 2 aromatic heterocycles. The fourth-order valence-corrected chi connectivity index (χ4v) is 4.01. The number of fused-ring (bicyclic) bond motifs is 1. The lowest BCUT2D eigenvalue weighted by Crippen LogP contribution is -2.29. The maximum absolute atomic E-state index is 12.5. The Hall–Kier alpha value is -3.52. The van der Waals surface area contributed by atoms with Gasteiger partial charge in [0.05, 0.1) is 12.2 Å². The number of carbonyl (C=O) groups excluding carboxylic acids is 1. The van der Waals surface area contributed by atoms with E-state index in [0.717, 1.165) is 27.3 Å². The molecule has 1 N–H and O–H groups in total. The van der Waals surface area contributed by atoms with Crippen molar-refractivity contribution in [3.8, 4) is 16.3 Å². The predicted molar refractivity (Wildman–Crippen MR) is 121 cm³/mol. The second kappa shape index (κ2) is 8.69. The molecular weight excluding hydrogens is 412 g/mol. The summed E-state index contributed by atoms with van der Waals surface area (Å²) in [6.45, 7) is 5.93. The number of amides is 1. The Morgan fingerprint density at radius 3 is 2.71 bits per heavy atom. The fraction of sp³-hybridized carbons (Fsp3) is 0.217. The van der Waals surface area contributed by atoms with Crippen molar-refractivity contribution in [2.45, 2.75) is 27.3 Å². The molecule has 0 radical (unpaired) electrons. The molecule has 0 saturated heterocycles. The lowest BCUT2D eigenvalue weighted by atomic mass is 10.1. The molecule has 2 aromatic carbocycles. The number of nitrogens with one attached hydrogen (secondary N) is 1. The summed E-state index contributed by atoms with van der Waals surface area (Å²) < 4.78 is 6.91. The quantitative estimate of drug-likeness (QED) is 0.502. The molecule has 1 amide bonds. The van der Waals surface area contributed by atoms with Crippen molar-refractivity contribution in [3.05, 3.63) is 81.3 Å². The number of carbonyl (C=O) groups is 1. The Kier molecular flexibility index (Phi) is 5.81. The van der Waals surface area contributed by atoms with Crippen LogP contribution >= 0.6 is 11.3 Å². The molecule has 8 heteroatoms. The summed E-state index contributed by atoms with van der Waals surface area (Å²) in [5.41, 5.74) is 4.28. The van der Waals surface area contributed by atoms with E-state index in [1.165, 1.54) is 21.9 Å². The molecule has 31 heavy (non-hydrogen) atoms. The largest absolute Gasteiger partial charge is 0.483 e. The zero-order valence-electron chi connectivity index (χ0n) is 17.5. The molecule has 0 aliphatic heterocycles. The highest BCUT2D eigenvalue weighted by atomic mass is 32.1. The van der Waals surface area contributed by atoms with E-state index in [-0.39, 0.29) is 24.6 Å². The Balaban J connectivity index is 1.44. The molecule has 7 nitrogen and oxygen atoms in total. The topological polar surface area (TPSA) is 85.6 Å². The standard InChI is InChI=1S/C23H22N4O3S/c1-14-5-4-6-17(9-14)22-26-27-21(29)11-18(25-23(27)31-22)12-24-20(28)13-30-19-10-15(2)7-8-16(19)3/h4-11H,12-13H2,1-3H3,(H,24,28). The third-order valence-electron chi connectivity index (χ3n) is 4.73. The van der Waals surface area contributed by atoms with E-state index in [1.807, 2.05) is 63.2 Å². The van der Waals surface area contributed by atoms with Crippen LogP contribution in [0.15, 0.2) is 53.3 Å². The van der Waals surface area contributed by atoms with Gasteiger partial charge in [-0.3, -0.25) is 9.59 Å². The average molecular weight is 435 g/mol. The van der Waals surface area contributed by atoms with Gasteiger partial charge < -0.3 is 10.1 Å². The van der Waals surface area contributed by atoms with Crippen LogP contribution in [0.4, 0.5) is 0 Å². The summed E-state index contributed by atoms with van der Waals surface area (Å²) in [6, 6.07) is 15.2. The van der Waals surface area contributed by atoms with Gasteiger partial charge in [0.15, 0.2) is 6.61 Å². The van der Waals surface area contributed by atoms with Crippen LogP contribution in [0.5, 0.6) is 5.75 Å². The van der Waals surface area contributed by atoms with E-state index >= 15 is 0 Å². The molecule has 0 unspecified atom stereocenters. The van der Waals surface area contributed by atoms with Gasteiger partial charge in [-0.2, -0.15) is 9.61 Å². The van der Waals surface area contributed by atoms with Crippen LogP contribution in [-0.4, -0.2) is 27.1 Å². The van der Waals surface area contributed by atoms with Gasteiger partial charge in [0, 0.05) is 11.6 Å². The van der Waals surface area contributed by atoms with Crippen LogP contribution in [-0.2, 0) is 11.3 Å². The van der Waals surface area contributed by atoms with Crippen LogP contribution in [0.25, 0.3) is 15.5 Å². The highest BCUT2D eigenvalue weighted by Gasteiger charge is 2.12. The summed E-state index contributed by atoms with van der Waals surface area (Å²) in [5, 5.41) is 7.86. The Morgan fingerprint density at radius 1 is 1.10 bits per heavy atom. The molecule has 0 atom stereocenters. The van der Waals surface area contributed by atoms with Crippen LogP contribution in [0.3, 0.4) is 0 Å². The number of benzene rings is 2. The molecule has 0 saturated carbocycles. The summed E-state index contributed by atoms with van der Waals surface area (Å²) >= 11 is 1.34. The van der Waals surface area contributed by atoms with E-state index < -0.39 is 0 Å². The molecule has 0 spiro atoms. The van der Waals surface area contributed by atoms with Crippen molar-refractivity contribution >= 4 is 22.2 Å². The van der Waals surface area contributed by atoms with E-state index in [9.17, 15) is 9.59 Å². The Morgan fingerprint density at radius 2 is 1.90 bits per heavy atom. The third-order valence-corrected chi connectivity index (χ3v) is 5.69. The average Bonchev–Trinajstić information content (AvgIpc) is 3.18. The first-order valence-corrected chi connectivity index (χ1v) is 10.6. The number of ether oxygens (including phenoxy) is 1. The van der Waals surface area contributed by atoms with E-state index in [4.69, 9.17) is 4.74 Å². The second-order valence-electron chi connectivity index (χ2n) is 7.39. The summed E-state index contributed by atoms with van der Waals surface area (Å²) in [5.74, 6) is 0.397. The number of aromatic nitrogens is 3. The lowest BCUT2D eigenvalue weighted by molar-refractivity contribution is -0.123. The highest BCUT2D eigenvalue weighted by molar-refractivity contribution is 7.19. The van der Waals surface area contributed by atoms with Crippen molar-refractivity contribution in [2.24, 2.45) is 0 Å². The molecule has 158 valence electrons. The minimum atomic E-state index is -0.285. The van der Waals surface area contributed by atoms with Crippen molar-refractivity contribution in [1.29, 1.82) is 0 Å². The maximum Gasteiger partial charge on any atom is 0.275 e. The van der Waals surface area contributed by atoms with E-state index in [1.54, 1.807) is 0 Å². The minimum absolute atomic E-state index is 0.108. The fourth-order valence-electron chi connectivity index (χ4n) is 3.09. The number of hydrogen-bond donors (Lipinski definition) is 1. The highest BCUT2D eigenvalue weighted by Crippen LogP contribution is 2.25. The zero-order chi connectivity index (χ0) is 22.0.